The van der Waals surface area contributed by atoms with Crippen LogP contribution in [0.15, 0.2) is 0 Å². The van der Waals surface area contributed by atoms with Gasteiger partial charge in [0.1, 0.15) is 0 Å². The molecule has 0 bridgehead atoms. The lowest BCUT2D eigenvalue weighted by Crippen LogP contribution is -2.34. The summed E-state index contributed by atoms with van der Waals surface area (Å²) in [4.78, 5) is 0. The standard InChI is InChI=1S/C9H16F3O3P/c1-3-8(4-2)5-13-16(14-6-8)15-7-9(10,11)12/h3-7H2,1-2H3. The third-order valence-electron chi connectivity index (χ3n) is 2.79. The Hall–Kier alpha value is 0.100. The quantitative estimate of drug-likeness (QED) is 0.722. The van der Waals surface area contributed by atoms with Crippen molar-refractivity contribution in [3.05, 3.63) is 0 Å². The number of rotatable bonds is 4. The minimum Gasteiger partial charge on any atom is -0.312 e. The summed E-state index contributed by atoms with van der Waals surface area (Å²) >= 11 is 0. The van der Waals surface area contributed by atoms with Crippen molar-refractivity contribution in [2.45, 2.75) is 32.9 Å². The first-order valence-corrected chi connectivity index (χ1v) is 6.26. The van der Waals surface area contributed by atoms with E-state index in [-0.39, 0.29) is 5.41 Å². The van der Waals surface area contributed by atoms with Gasteiger partial charge in [-0.15, -0.1) is 0 Å². The largest absolute Gasteiger partial charge is 0.412 e. The molecule has 0 saturated carbocycles. The van der Waals surface area contributed by atoms with Crippen molar-refractivity contribution in [1.82, 2.24) is 0 Å². The Bertz CT molecular complexity index is 209. The predicted molar refractivity (Wildman–Crippen MR) is 53.8 cm³/mol. The van der Waals surface area contributed by atoms with E-state index in [1.165, 1.54) is 0 Å². The molecule has 0 radical (unpaired) electrons. The zero-order valence-corrected chi connectivity index (χ0v) is 10.2. The van der Waals surface area contributed by atoms with Crippen LogP contribution >= 0.6 is 8.60 Å². The average Bonchev–Trinajstić information content (AvgIpc) is 2.26. The van der Waals surface area contributed by atoms with E-state index in [2.05, 4.69) is 4.52 Å². The number of alkyl halides is 3. The molecule has 1 rings (SSSR count). The van der Waals surface area contributed by atoms with Gasteiger partial charge in [-0.05, 0) is 12.8 Å². The molecule has 16 heavy (non-hydrogen) atoms. The summed E-state index contributed by atoms with van der Waals surface area (Å²) in [6.45, 7) is 3.53. The molecule has 1 saturated heterocycles. The second-order valence-electron chi connectivity index (χ2n) is 3.87. The van der Waals surface area contributed by atoms with Crippen LogP contribution in [0.2, 0.25) is 0 Å². The Morgan fingerprint density at radius 3 is 2.06 bits per heavy atom. The van der Waals surface area contributed by atoms with Gasteiger partial charge in [0.15, 0.2) is 6.61 Å². The molecule has 1 heterocycles. The fourth-order valence-corrected chi connectivity index (χ4v) is 2.55. The van der Waals surface area contributed by atoms with Crippen LogP contribution in [0.25, 0.3) is 0 Å². The van der Waals surface area contributed by atoms with Gasteiger partial charge in [0.2, 0.25) is 0 Å². The van der Waals surface area contributed by atoms with E-state index in [1.807, 2.05) is 13.8 Å². The van der Waals surface area contributed by atoms with Crippen LogP contribution in [-0.2, 0) is 13.6 Å². The van der Waals surface area contributed by atoms with E-state index in [0.717, 1.165) is 12.8 Å². The topological polar surface area (TPSA) is 27.7 Å². The smallest absolute Gasteiger partial charge is 0.312 e. The third kappa shape index (κ3) is 4.17. The molecule has 3 nitrogen and oxygen atoms in total. The second-order valence-corrected chi connectivity index (χ2v) is 5.09. The van der Waals surface area contributed by atoms with E-state index in [9.17, 15) is 13.2 Å². The summed E-state index contributed by atoms with van der Waals surface area (Å²) < 4.78 is 50.5. The van der Waals surface area contributed by atoms with Crippen LogP contribution in [0.1, 0.15) is 26.7 Å². The minimum atomic E-state index is -4.33. The van der Waals surface area contributed by atoms with Crippen LogP contribution in [0.3, 0.4) is 0 Å². The van der Waals surface area contributed by atoms with Crippen LogP contribution in [0.5, 0.6) is 0 Å². The first-order chi connectivity index (χ1) is 7.41. The van der Waals surface area contributed by atoms with Gasteiger partial charge in [-0.25, -0.2) is 0 Å². The Labute approximate surface area is 94.2 Å². The Morgan fingerprint density at radius 2 is 1.69 bits per heavy atom. The maximum absolute atomic E-state index is 11.9. The van der Waals surface area contributed by atoms with Crippen LogP contribution < -0.4 is 0 Å². The molecule has 0 unspecified atom stereocenters. The maximum Gasteiger partial charge on any atom is 0.412 e. The number of halogens is 3. The Balaban J connectivity index is 2.32. The highest BCUT2D eigenvalue weighted by molar-refractivity contribution is 7.41. The molecule has 1 aliphatic heterocycles. The molecule has 0 spiro atoms. The molecule has 1 fully saturated rings. The zero-order chi connectivity index (χ0) is 12.2. The zero-order valence-electron chi connectivity index (χ0n) is 9.34. The summed E-state index contributed by atoms with van der Waals surface area (Å²) in [5.41, 5.74) is -0.0690. The summed E-state index contributed by atoms with van der Waals surface area (Å²) in [6, 6.07) is 0. The molecular weight excluding hydrogens is 244 g/mol. The fourth-order valence-electron chi connectivity index (χ4n) is 1.32. The van der Waals surface area contributed by atoms with E-state index < -0.39 is 21.4 Å². The predicted octanol–water partition coefficient (Wildman–Crippen LogP) is 3.65. The van der Waals surface area contributed by atoms with E-state index >= 15 is 0 Å². The monoisotopic (exact) mass is 260 g/mol. The minimum absolute atomic E-state index is 0.0690. The van der Waals surface area contributed by atoms with Crippen molar-refractivity contribution in [3.63, 3.8) is 0 Å². The average molecular weight is 260 g/mol. The number of hydrogen-bond donors (Lipinski definition) is 0. The molecule has 0 aromatic heterocycles. The molecule has 7 heteroatoms. The summed E-state index contributed by atoms with van der Waals surface area (Å²) in [5, 5.41) is 0. The molecule has 0 N–H and O–H groups in total. The van der Waals surface area contributed by atoms with Crippen LogP contribution in [0, 0.1) is 5.41 Å². The van der Waals surface area contributed by atoms with Gasteiger partial charge < -0.3 is 13.6 Å². The summed E-state index contributed by atoms with van der Waals surface area (Å²) in [6.07, 6.45) is -2.57. The van der Waals surface area contributed by atoms with Crippen molar-refractivity contribution < 1.29 is 26.7 Å². The summed E-state index contributed by atoms with van der Waals surface area (Å²) in [5.74, 6) is 0. The SMILES string of the molecule is CCC1(CC)COP(OCC(F)(F)F)OC1. The van der Waals surface area contributed by atoms with Gasteiger partial charge in [-0.2, -0.15) is 13.2 Å². The fraction of sp³-hybridized carbons (Fsp3) is 1.00. The van der Waals surface area contributed by atoms with Gasteiger partial charge >= 0.3 is 14.8 Å². The lowest BCUT2D eigenvalue weighted by Gasteiger charge is -2.37. The summed E-state index contributed by atoms with van der Waals surface area (Å²) in [7, 11) is -1.83. The molecule has 1 aliphatic rings. The molecule has 0 aromatic carbocycles. The molecule has 0 aliphatic carbocycles. The highest BCUT2D eigenvalue weighted by Gasteiger charge is 2.37. The van der Waals surface area contributed by atoms with Crippen LogP contribution in [0.4, 0.5) is 13.2 Å². The molecule has 96 valence electrons. The van der Waals surface area contributed by atoms with E-state index in [1.54, 1.807) is 0 Å². The first kappa shape index (κ1) is 14.2. The third-order valence-corrected chi connectivity index (χ3v) is 3.81. The van der Waals surface area contributed by atoms with Gasteiger partial charge in [0.05, 0.1) is 13.2 Å². The first-order valence-electron chi connectivity index (χ1n) is 5.16. The molecular formula is C9H16F3O3P. The van der Waals surface area contributed by atoms with Gasteiger partial charge in [0, 0.05) is 5.41 Å². The lowest BCUT2D eigenvalue weighted by molar-refractivity contribution is -0.158. The van der Waals surface area contributed by atoms with Gasteiger partial charge in [0.25, 0.3) is 0 Å². The van der Waals surface area contributed by atoms with Crippen molar-refractivity contribution in [1.29, 1.82) is 0 Å². The molecule has 0 atom stereocenters. The lowest BCUT2D eigenvalue weighted by atomic mass is 9.84. The molecule has 0 aromatic rings. The van der Waals surface area contributed by atoms with Gasteiger partial charge in [-0.3, -0.25) is 0 Å². The Morgan fingerprint density at radius 1 is 1.19 bits per heavy atom. The second kappa shape index (κ2) is 5.63. The highest BCUT2D eigenvalue weighted by atomic mass is 31.2. The van der Waals surface area contributed by atoms with Gasteiger partial charge in [-0.1, -0.05) is 13.8 Å². The van der Waals surface area contributed by atoms with Crippen LogP contribution in [-0.4, -0.2) is 26.0 Å². The number of hydrogen-bond acceptors (Lipinski definition) is 3. The van der Waals surface area contributed by atoms with Crippen molar-refractivity contribution >= 4 is 8.60 Å². The van der Waals surface area contributed by atoms with Crippen molar-refractivity contribution in [2.24, 2.45) is 5.41 Å². The Kier molecular flexibility index (Phi) is 4.98. The molecule has 0 amide bonds. The highest BCUT2D eigenvalue weighted by Crippen LogP contribution is 2.49. The van der Waals surface area contributed by atoms with Crippen molar-refractivity contribution in [3.8, 4) is 0 Å². The maximum atomic E-state index is 11.9. The normalized spacial score (nSPS) is 22.3. The van der Waals surface area contributed by atoms with Crippen molar-refractivity contribution in [2.75, 3.05) is 19.8 Å². The van der Waals surface area contributed by atoms with E-state index in [4.69, 9.17) is 9.05 Å². The van der Waals surface area contributed by atoms with E-state index in [0.29, 0.717) is 13.2 Å².